The van der Waals surface area contributed by atoms with Crippen LogP contribution in [0.25, 0.3) is 0 Å². The molecule has 1 rings (SSSR count). The zero-order valence-electron chi connectivity index (χ0n) is 12.7. The van der Waals surface area contributed by atoms with E-state index in [1.165, 1.54) is 7.11 Å². The summed E-state index contributed by atoms with van der Waals surface area (Å²) >= 11 is 0.0646. The second kappa shape index (κ2) is 8.05. The van der Waals surface area contributed by atoms with E-state index in [2.05, 4.69) is 5.32 Å². The minimum absolute atomic E-state index is 0.0646. The Hall–Kier alpha value is -1.52. The average molecular weight is 358 g/mol. The van der Waals surface area contributed by atoms with Gasteiger partial charge in [-0.1, -0.05) is 0 Å². The van der Waals surface area contributed by atoms with Crippen LogP contribution < -0.4 is 9.78 Å². The van der Waals surface area contributed by atoms with Crippen molar-refractivity contribution in [2.75, 3.05) is 7.11 Å². The molecule has 0 saturated carbocycles. The SMILES string of the molecule is COC(=O)[C@H](C[Se]c1ccccc1)NC(=O)OC(C)(C)C. The molecule has 1 N–H and O–H groups in total. The van der Waals surface area contributed by atoms with Gasteiger partial charge in [0.1, 0.15) is 0 Å². The number of carbonyl (C=O) groups excluding carboxylic acids is 2. The maximum absolute atomic E-state index is 11.8. The van der Waals surface area contributed by atoms with Crippen LogP contribution in [0.4, 0.5) is 4.79 Å². The molecule has 0 unspecified atom stereocenters. The van der Waals surface area contributed by atoms with Crippen LogP contribution in [0.5, 0.6) is 0 Å². The summed E-state index contributed by atoms with van der Waals surface area (Å²) in [5.41, 5.74) is -0.602. The topological polar surface area (TPSA) is 64.6 Å². The van der Waals surface area contributed by atoms with Gasteiger partial charge in [-0.15, -0.1) is 0 Å². The van der Waals surface area contributed by atoms with E-state index in [9.17, 15) is 9.59 Å². The average Bonchev–Trinajstić information content (AvgIpc) is 2.41. The molecule has 0 aliphatic carbocycles. The molecule has 0 fully saturated rings. The van der Waals surface area contributed by atoms with Gasteiger partial charge in [-0.2, -0.15) is 0 Å². The third-order valence-corrected chi connectivity index (χ3v) is 4.66. The van der Waals surface area contributed by atoms with Crippen LogP contribution in [0.2, 0.25) is 5.32 Å². The van der Waals surface area contributed by atoms with E-state index in [4.69, 9.17) is 9.47 Å². The summed E-state index contributed by atoms with van der Waals surface area (Å²) in [6.07, 6.45) is -0.609. The molecule has 1 atom stereocenters. The minimum atomic E-state index is -0.690. The molecule has 0 aliphatic heterocycles. The summed E-state index contributed by atoms with van der Waals surface area (Å²) in [5, 5.41) is 3.09. The van der Waals surface area contributed by atoms with Crippen molar-refractivity contribution < 1.29 is 19.1 Å². The van der Waals surface area contributed by atoms with Crippen molar-refractivity contribution in [3.63, 3.8) is 0 Å². The molecular weight excluding hydrogens is 337 g/mol. The van der Waals surface area contributed by atoms with Gasteiger partial charge in [0, 0.05) is 0 Å². The fourth-order valence-electron chi connectivity index (χ4n) is 1.46. The molecule has 0 spiro atoms. The maximum atomic E-state index is 11.8. The first-order chi connectivity index (χ1) is 9.81. The van der Waals surface area contributed by atoms with Gasteiger partial charge in [0.25, 0.3) is 0 Å². The van der Waals surface area contributed by atoms with E-state index in [1.54, 1.807) is 20.8 Å². The molecule has 0 heterocycles. The van der Waals surface area contributed by atoms with Crippen LogP contribution in [0.15, 0.2) is 30.3 Å². The molecule has 1 aromatic rings. The van der Waals surface area contributed by atoms with Crippen LogP contribution in [-0.4, -0.2) is 45.8 Å². The molecule has 21 heavy (non-hydrogen) atoms. The molecule has 0 aliphatic rings. The number of methoxy groups -OCH3 is 1. The molecule has 0 bridgehead atoms. The summed E-state index contributed by atoms with van der Waals surface area (Å²) in [4.78, 5) is 23.5. The Kier molecular flexibility index (Phi) is 6.72. The first-order valence-electron chi connectivity index (χ1n) is 6.57. The Morgan fingerprint density at radius 3 is 2.38 bits per heavy atom. The van der Waals surface area contributed by atoms with E-state index in [-0.39, 0.29) is 15.0 Å². The summed E-state index contributed by atoms with van der Waals surface area (Å²) in [6.45, 7) is 5.31. The van der Waals surface area contributed by atoms with Gasteiger partial charge in [-0.25, -0.2) is 0 Å². The van der Waals surface area contributed by atoms with Gasteiger partial charge in [-0.3, -0.25) is 0 Å². The molecule has 1 amide bonds. The summed E-state index contributed by atoms with van der Waals surface area (Å²) in [6, 6.07) is 9.15. The number of benzene rings is 1. The molecule has 0 saturated heterocycles. The quantitative estimate of drug-likeness (QED) is 0.640. The van der Waals surface area contributed by atoms with Crippen LogP contribution in [-0.2, 0) is 14.3 Å². The van der Waals surface area contributed by atoms with Gasteiger partial charge < -0.3 is 0 Å². The van der Waals surface area contributed by atoms with Crippen LogP contribution in [0.1, 0.15) is 20.8 Å². The van der Waals surface area contributed by atoms with Gasteiger partial charge in [-0.05, 0) is 0 Å². The Morgan fingerprint density at radius 2 is 1.86 bits per heavy atom. The molecule has 1 aromatic carbocycles. The van der Waals surface area contributed by atoms with Crippen molar-refractivity contribution in [3.8, 4) is 0 Å². The number of ether oxygens (including phenoxy) is 2. The van der Waals surface area contributed by atoms with Crippen molar-refractivity contribution in [1.29, 1.82) is 0 Å². The first kappa shape index (κ1) is 17.5. The number of nitrogens with one attached hydrogen (secondary N) is 1. The van der Waals surface area contributed by atoms with Crippen LogP contribution in [0, 0.1) is 0 Å². The van der Waals surface area contributed by atoms with Crippen LogP contribution in [0.3, 0.4) is 0 Å². The summed E-state index contributed by atoms with van der Waals surface area (Å²) < 4.78 is 11.1. The van der Waals surface area contributed by atoms with Gasteiger partial charge in [0.2, 0.25) is 0 Å². The zero-order valence-corrected chi connectivity index (χ0v) is 14.4. The predicted molar refractivity (Wildman–Crippen MR) is 81.8 cm³/mol. The monoisotopic (exact) mass is 359 g/mol. The summed E-state index contributed by atoms with van der Waals surface area (Å²) in [5.74, 6) is -0.460. The van der Waals surface area contributed by atoms with Crippen molar-refractivity contribution in [2.24, 2.45) is 0 Å². The van der Waals surface area contributed by atoms with Crippen molar-refractivity contribution in [1.82, 2.24) is 5.32 Å². The fraction of sp³-hybridized carbons (Fsp3) is 0.467. The second-order valence-corrected chi connectivity index (χ2v) is 7.64. The molecule has 0 radical (unpaired) electrons. The first-order valence-corrected chi connectivity index (χ1v) is 8.64. The molecule has 5 nitrogen and oxygen atoms in total. The number of carbonyl (C=O) groups is 2. The molecule has 116 valence electrons. The second-order valence-electron chi connectivity index (χ2n) is 5.35. The van der Waals surface area contributed by atoms with E-state index in [1.807, 2.05) is 30.3 Å². The van der Waals surface area contributed by atoms with E-state index in [0.717, 1.165) is 4.46 Å². The number of alkyl carbamates (subject to hydrolysis) is 1. The van der Waals surface area contributed by atoms with Crippen molar-refractivity contribution >= 4 is 31.5 Å². The van der Waals surface area contributed by atoms with E-state index in [0.29, 0.717) is 5.32 Å². The van der Waals surface area contributed by atoms with Gasteiger partial charge in [0.05, 0.1) is 0 Å². The number of rotatable bonds is 5. The molecular formula is C15H21NO4Se. The third-order valence-electron chi connectivity index (χ3n) is 2.34. The zero-order chi connectivity index (χ0) is 15.9. The third kappa shape index (κ3) is 7.16. The Labute approximate surface area is 131 Å². The van der Waals surface area contributed by atoms with Crippen molar-refractivity contribution in [3.05, 3.63) is 30.3 Å². The van der Waals surface area contributed by atoms with Gasteiger partial charge in [0.15, 0.2) is 0 Å². The Bertz CT molecular complexity index is 470. The van der Waals surface area contributed by atoms with Crippen molar-refractivity contribution in [2.45, 2.75) is 37.7 Å². The van der Waals surface area contributed by atoms with Crippen LogP contribution >= 0.6 is 0 Å². The number of hydrogen-bond donors (Lipinski definition) is 1. The standard InChI is InChI=1S/C15H21NO4Se/c1-15(2,3)20-14(18)16-12(13(17)19-4)10-21-11-8-6-5-7-9-11/h5-9,12H,10H2,1-4H3,(H,16,18)/t12-/m0/s1. The molecule has 0 aromatic heterocycles. The van der Waals surface area contributed by atoms with E-state index < -0.39 is 23.7 Å². The summed E-state index contributed by atoms with van der Waals surface area (Å²) in [7, 11) is 1.31. The number of hydrogen-bond acceptors (Lipinski definition) is 4. The van der Waals surface area contributed by atoms with Gasteiger partial charge >= 0.3 is 131 Å². The Balaban J connectivity index is 2.60. The fourth-order valence-corrected chi connectivity index (χ4v) is 3.40. The Morgan fingerprint density at radius 1 is 1.24 bits per heavy atom. The predicted octanol–water partition coefficient (Wildman–Crippen LogP) is 1.50. The van der Waals surface area contributed by atoms with E-state index >= 15 is 0 Å². The number of esters is 1. The molecule has 6 heteroatoms. The number of amides is 1. The normalized spacial score (nSPS) is 12.4.